The normalized spacial score (nSPS) is 9.27. The lowest BCUT2D eigenvalue weighted by Crippen LogP contribution is -2.33. The zero-order valence-electron chi connectivity index (χ0n) is 7.71. The van der Waals surface area contributed by atoms with Crippen LogP contribution in [-0.2, 0) is 0 Å². The van der Waals surface area contributed by atoms with Crippen molar-refractivity contribution in [3.05, 3.63) is 0 Å². The van der Waals surface area contributed by atoms with Crippen LogP contribution in [0, 0.1) is 0 Å². The van der Waals surface area contributed by atoms with Gasteiger partial charge in [-0.3, -0.25) is 0 Å². The molecule has 4 heteroatoms. The van der Waals surface area contributed by atoms with Gasteiger partial charge in [-0.25, -0.2) is 0 Å². The van der Waals surface area contributed by atoms with Crippen molar-refractivity contribution in [2.75, 3.05) is 39.8 Å². The minimum atomic E-state index is 0.730. The summed E-state index contributed by atoms with van der Waals surface area (Å²) >= 11 is 0. The Balaban J connectivity index is 0. The van der Waals surface area contributed by atoms with Gasteiger partial charge < -0.3 is 22.1 Å². The van der Waals surface area contributed by atoms with Crippen LogP contribution in [0.3, 0.4) is 0 Å². The summed E-state index contributed by atoms with van der Waals surface area (Å²) in [6.45, 7) is 6.56. The van der Waals surface area contributed by atoms with Gasteiger partial charge in [-0.2, -0.15) is 0 Å². The van der Waals surface area contributed by atoms with E-state index in [1.807, 2.05) is 0 Å². The van der Waals surface area contributed by atoms with Crippen molar-refractivity contribution in [2.45, 2.75) is 6.92 Å². The highest BCUT2D eigenvalue weighted by molar-refractivity contribution is 4.54. The molecule has 11 heavy (non-hydrogen) atoms. The Kier molecular flexibility index (Phi) is 15.3. The minimum Gasteiger partial charge on any atom is -0.333 e. The predicted molar refractivity (Wildman–Crippen MR) is 50.3 cm³/mol. The minimum absolute atomic E-state index is 0.730. The van der Waals surface area contributed by atoms with E-state index in [1.54, 1.807) is 0 Å². The highest BCUT2D eigenvalue weighted by Crippen LogP contribution is 1.81. The van der Waals surface area contributed by atoms with Crippen LogP contribution < -0.4 is 17.2 Å². The zero-order valence-corrected chi connectivity index (χ0v) is 7.71. The van der Waals surface area contributed by atoms with Crippen LogP contribution in [0.4, 0.5) is 0 Å². The summed E-state index contributed by atoms with van der Waals surface area (Å²) in [4.78, 5) is 2.24. The Morgan fingerprint density at radius 2 is 1.36 bits per heavy atom. The number of rotatable bonds is 5. The molecular weight excluding hydrogens is 140 g/mol. The second-order valence-corrected chi connectivity index (χ2v) is 2.01. The monoisotopic (exact) mass is 162 g/mol. The molecule has 0 heterocycles. The van der Waals surface area contributed by atoms with Crippen LogP contribution >= 0.6 is 0 Å². The van der Waals surface area contributed by atoms with Crippen LogP contribution in [0.5, 0.6) is 0 Å². The van der Waals surface area contributed by atoms with E-state index >= 15 is 0 Å². The highest BCUT2D eigenvalue weighted by Gasteiger charge is 1.96. The molecule has 0 unspecified atom stereocenters. The van der Waals surface area contributed by atoms with Gasteiger partial charge in [0, 0.05) is 26.2 Å². The third-order valence-electron chi connectivity index (χ3n) is 1.34. The highest BCUT2D eigenvalue weighted by atomic mass is 15.1. The Bertz CT molecular complexity index is 52.4. The fraction of sp³-hybridized carbons (Fsp3) is 1.00. The number of hydrogen-bond acceptors (Lipinski definition) is 4. The molecule has 0 aromatic heterocycles. The molecule has 0 rings (SSSR count). The Morgan fingerprint density at radius 3 is 1.55 bits per heavy atom. The average Bonchev–Trinajstić information content (AvgIpc) is 2.08. The van der Waals surface area contributed by atoms with Crippen LogP contribution in [0.1, 0.15) is 6.92 Å². The second-order valence-electron chi connectivity index (χ2n) is 2.01. The molecule has 0 saturated heterocycles. The maximum atomic E-state index is 5.35. The van der Waals surface area contributed by atoms with E-state index in [1.165, 1.54) is 7.05 Å². The molecule has 4 nitrogen and oxygen atoms in total. The fourth-order valence-corrected chi connectivity index (χ4v) is 0.793. The Morgan fingerprint density at radius 1 is 1.00 bits per heavy atom. The first kappa shape index (κ1) is 13.4. The molecule has 0 aliphatic rings. The van der Waals surface area contributed by atoms with Gasteiger partial charge in [0.2, 0.25) is 0 Å². The van der Waals surface area contributed by atoms with Gasteiger partial charge in [-0.1, -0.05) is 6.92 Å². The van der Waals surface area contributed by atoms with Crippen LogP contribution in [0.25, 0.3) is 0 Å². The molecule has 0 radical (unpaired) electrons. The molecule has 0 saturated carbocycles. The molecule has 6 N–H and O–H groups in total. The van der Waals surface area contributed by atoms with E-state index in [0.717, 1.165) is 32.7 Å². The molecule has 0 spiro atoms. The summed E-state index contributed by atoms with van der Waals surface area (Å²) in [6, 6.07) is 0. The van der Waals surface area contributed by atoms with E-state index < -0.39 is 0 Å². The topological polar surface area (TPSA) is 81.3 Å². The van der Waals surface area contributed by atoms with Gasteiger partial charge in [0.25, 0.3) is 0 Å². The van der Waals surface area contributed by atoms with Gasteiger partial charge in [-0.15, -0.1) is 0 Å². The van der Waals surface area contributed by atoms with Crippen molar-refractivity contribution in [1.82, 2.24) is 4.90 Å². The summed E-state index contributed by atoms with van der Waals surface area (Å²) in [5, 5.41) is 0. The maximum absolute atomic E-state index is 5.35. The first-order valence-electron chi connectivity index (χ1n) is 4.05. The molecular formula is C7H22N4. The van der Waals surface area contributed by atoms with Crippen LogP contribution in [0.15, 0.2) is 0 Å². The summed E-state index contributed by atoms with van der Waals surface area (Å²) in [6.07, 6.45) is 0. The molecule has 0 atom stereocenters. The summed E-state index contributed by atoms with van der Waals surface area (Å²) < 4.78 is 0. The van der Waals surface area contributed by atoms with Gasteiger partial charge in [0.05, 0.1) is 0 Å². The molecule has 0 aromatic rings. The van der Waals surface area contributed by atoms with Gasteiger partial charge in [0.15, 0.2) is 0 Å². The summed E-state index contributed by atoms with van der Waals surface area (Å²) in [5.41, 5.74) is 15.2. The van der Waals surface area contributed by atoms with E-state index in [9.17, 15) is 0 Å². The lowest BCUT2D eigenvalue weighted by Gasteiger charge is -2.17. The number of nitrogens with zero attached hydrogens (tertiary/aromatic N) is 1. The SMILES string of the molecule is CCN(CCN)CCN.CN. The first-order valence-corrected chi connectivity index (χ1v) is 4.05. The van der Waals surface area contributed by atoms with Crippen molar-refractivity contribution < 1.29 is 0 Å². The standard InChI is InChI=1S/C6H17N3.CH5N/c1-2-9(5-3-7)6-4-8;1-2/h2-8H2,1H3;2H2,1H3. The molecule has 0 amide bonds. The fourth-order valence-electron chi connectivity index (χ4n) is 0.793. The van der Waals surface area contributed by atoms with E-state index in [4.69, 9.17) is 11.5 Å². The third kappa shape index (κ3) is 9.84. The predicted octanol–water partition coefficient (Wildman–Crippen LogP) is -1.20. The third-order valence-corrected chi connectivity index (χ3v) is 1.34. The lowest BCUT2D eigenvalue weighted by molar-refractivity contribution is 0.304. The van der Waals surface area contributed by atoms with Crippen molar-refractivity contribution in [1.29, 1.82) is 0 Å². The molecule has 0 bridgehead atoms. The number of likely N-dealkylation sites (N-methyl/N-ethyl adjacent to an activating group) is 1. The zero-order chi connectivity index (χ0) is 9.11. The number of hydrogen-bond donors (Lipinski definition) is 3. The Labute approximate surface area is 69.7 Å². The number of nitrogens with two attached hydrogens (primary N) is 3. The summed E-state index contributed by atoms with van der Waals surface area (Å²) in [5.74, 6) is 0. The van der Waals surface area contributed by atoms with Crippen molar-refractivity contribution in [2.24, 2.45) is 17.2 Å². The Hall–Kier alpha value is -0.160. The van der Waals surface area contributed by atoms with Gasteiger partial charge in [-0.05, 0) is 13.6 Å². The second kappa shape index (κ2) is 12.5. The van der Waals surface area contributed by atoms with E-state index in [-0.39, 0.29) is 0 Å². The average molecular weight is 162 g/mol. The van der Waals surface area contributed by atoms with Crippen LogP contribution in [-0.4, -0.2) is 44.7 Å². The first-order chi connectivity index (χ1) is 5.35. The van der Waals surface area contributed by atoms with E-state index in [2.05, 4.69) is 17.6 Å². The maximum Gasteiger partial charge on any atom is 0.0105 e. The van der Waals surface area contributed by atoms with Gasteiger partial charge in [0.1, 0.15) is 0 Å². The molecule has 0 aliphatic heterocycles. The van der Waals surface area contributed by atoms with Crippen molar-refractivity contribution in [3.63, 3.8) is 0 Å². The van der Waals surface area contributed by atoms with Gasteiger partial charge >= 0.3 is 0 Å². The lowest BCUT2D eigenvalue weighted by atomic mass is 10.4. The van der Waals surface area contributed by atoms with Crippen molar-refractivity contribution in [3.8, 4) is 0 Å². The smallest absolute Gasteiger partial charge is 0.0105 e. The quantitative estimate of drug-likeness (QED) is 0.474. The largest absolute Gasteiger partial charge is 0.333 e. The molecule has 0 aromatic carbocycles. The molecule has 70 valence electrons. The molecule has 0 fully saturated rings. The molecule has 0 aliphatic carbocycles. The van der Waals surface area contributed by atoms with Crippen LogP contribution in [0.2, 0.25) is 0 Å². The van der Waals surface area contributed by atoms with E-state index in [0.29, 0.717) is 0 Å². The van der Waals surface area contributed by atoms with Crippen molar-refractivity contribution >= 4 is 0 Å². The summed E-state index contributed by atoms with van der Waals surface area (Å²) in [7, 11) is 1.50.